The molecule has 1 nitrogen and oxygen atoms in total. The van der Waals surface area contributed by atoms with Crippen LogP contribution in [0.5, 0.6) is 0 Å². The smallest absolute Gasteiger partial charge is 0.0292 e. The molecule has 0 spiro atoms. The molecule has 0 radical (unpaired) electrons. The molecule has 2 heteroatoms. The van der Waals surface area contributed by atoms with Crippen molar-refractivity contribution < 1.29 is 0 Å². The van der Waals surface area contributed by atoms with Crippen molar-refractivity contribution in [3.05, 3.63) is 12.2 Å². The number of hydrogen-bond acceptors (Lipinski definition) is 1. The maximum Gasteiger partial charge on any atom is 0.0292 e. The minimum atomic E-state index is 0.406. The topological polar surface area (TPSA) is 12.0 Å². The Kier molecular flexibility index (Phi) is 4.82. The van der Waals surface area contributed by atoms with E-state index >= 15 is 0 Å². The van der Waals surface area contributed by atoms with Gasteiger partial charge in [-0.15, -0.1) is 11.6 Å². The highest BCUT2D eigenvalue weighted by Gasteiger charge is 2.32. The van der Waals surface area contributed by atoms with Gasteiger partial charge in [-0.2, -0.15) is 0 Å². The maximum absolute atomic E-state index is 6.02. The average Bonchev–Trinajstić information content (AvgIpc) is 2.62. The van der Waals surface area contributed by atoms with Gasteiger partial charge >= 0.3 is 0 Å². The Morgan fingerprint density at radius 3 is 2.62 bits per heavy atom. The Bertz CT molecular complexity index is 159. The summed E-state index contributed by atoms with van der Waals surface area (Å²) in [6.45, 7) is 4.12. The standard InChI is InChI=1S/C11H20ClN/c1-2-3-8-13-10-11(9-12)6-4-5-7-11/h2-3,13H,4-10H2,1H3/b3-2+. The van der Waals surface area contributed by atoms with Gasteiger partial charge < -0.3 is 5.32 Å². The van der Waals surface area contributed by atoms with E-state index in [1.165, 1.54) is 25.7 Å². The van der Waals surface area contributed by atoms with Gasteiger partial charge in [-0.1, -0.05) is 25.0 Å². The lowest BCUT2D eigenvalue weighted by molar-refractivity contribution is 0.327. The minimum absolute atomic E-state index is 0.406. The molecule has 1 saturated carbocycles. The number of allylic oxidation sites excluding steroid dienone is 1. The Labute approximate surface area is 86.5 Å². The molecule has 1 N–H and O–H groups in total. The number of rotatable bonds is 5. The molecule has 0 amide bonds. The highest BCUT2D eigenvalue weighted by Crippen LogP contribution is 2.38. The van der Waals surface area contributed by atoms with Crippen LogP contribution in [0.15, 0.2) is 12.2 Å². The van der Waals surface area contributed by atoms with Crippen molar-refractivity contribution in [2.45, 2.75) is 32.6 Å². The number of alkyl halides is 1. The molecule has 0 aromatic rings. The third-order valence-electron chi connectivity index (χ3n) is 2.95. The van der Waals surface area contributed by atoms with Gasteiger partial charge in [0.2, 0.25) is 0 Å². The first-order chi connectivity index (χ1) is 6.33. The van der Waals surface area contributed by atoms with Crippen LogP contribution in [0, 0.1) is 5.41 Å². The van der Waals surface area contributed by atoms with Gasteiger partial charge in [-0.25, -0.2) is 0 Å². The fourth-order valence-electron chi connectivity index (χ4n) is 2.02. The highest BCUT2D eigenvalue weighted by atomic mass is 35.5. The SMILES string of the molecule is C/C=C/CNCC1(CCl)CCCC1. The zero-order valence-electron chi connectivity index (χ0n) is 8.48. The zero-order chi connectivity index (χ0) is 9.57. The first-order valence-electron chi connectivity index (χ1n) is 5.21. The van der Waals surface area contributed by atoms with Crippen LogP contribution in [0.3, 0.4) is 0 Å². The fraction of sp³-hybridized carbons (Fsp3) is 0.818. The van der Waals surface area contributed by atoms with Crippen LogP contribution in [0.4, 0.5) is 0 Å². The summed E-state index contributed by atoms with van der Waals surface area (Å²) in [5.41, 5.74) is 0.406. The monoisotopic (exact) mass is 201 g/mol. The Morgan fingerprint density at radius 1 is 1.38 bits per heavy atom. The van der Waals surface area contributed by atoms with Gasteiger partial charge in [0.1, 0.15) is 0 Å². The van der Waals surface area contributed by atoms with Crippen LogP contribution in [0.2, 0.25) is 0 Å². The number of hydrogen-bond donors (Lipinski definition) is 1. The number of halogens is 1. The summed E-state index contributed by atoms with van der Waals surface area (Å²) in [6, 6.07) is 0. The van der Waals surface area contributed by atoms with Gasteiger partial charge in [0.15, 0.2) is 0 Å². The molecule has 1 aliphatic rings. The molecule has 0 atom stereocenters. The van der Waals surface area contributed by atoms with Crippen molar-refractivity contribution in [1.82, 2.24) is 5.32 Å². The molecule has 0 heterocycles. The Morgan fingerprint density at radius 2 is 2.08 bits per heavy atom. The summed E-state index contributed by atoms with van der Waals surface area (Å²) in [6.07, 6.45) is 9.56. The lowest BCUT2D eigenvalue weighted by atomic mass is 9.88. The fourth-order valence-corrected chi connectivity index (χ4v) is 2.38. The molecule has 0 aromatic carbocycles. The second kappa shape index (κ2) is 5.66. The molecular formula is C11H20ClN. The predicted octanol–water partition coefficient (Wildman–Crippen LogP) is 2.95. The molecule has 76 valence electrons. The van der Waals surface area contributed by atoms with E-state index in [1.807, 2.05) is 0 Å². The van der Waals surface area contributed by atoms with Gasteiger partial charge in [0.25, 0.3) is 0 Å². The second-order valence-corrected chi connectivity index (χ2v) is 4.31. The van der Waals surface area contributed by atoms with E-state index in [0.29, 0.717) is 5.41 Å². The normalized spacial score (nSPS) is 21.4. The van der Waals surface area contributed by atoms with Crippen molar-refractivity contribution in [1.29, 1.82) is 0 Å². The molecule has 1 aliphatic carbocycles. The third kappa shape index (κ3) is 3.32. The van der Waals surface area contributed by atoms with Gasteiger partial charge in [0.05, 0.1) is 0 Å². The van der Waals surface area contributed by atoms with Crippen LogP contribution in [-0.4, -0.2) is 19.0 Å². The van der Waals surface area contributed by atoms with E-state index in [1.54, 1.807) is 0 Å². The first-order valence-corrected chi connectivity index (χ1v) is 5.74. The summed E-state index contributed by atoms with van der Waals surface area (Å²) in [5.74, 6) is 0.815. The van der Waals surface area contributed by atoms with E-state index < -0.39 is 0 Å². The van der Waals surface area contributed by atoms with Crippen LogP contribution in [0.1, 0.15) is 32.6 Å². The average molecular weight is 202 g/mol. The van der Waals surface area contributed by atoms with E-state index in [2.05, 4.69) is 24.4 Å². The quantitative estimate of drug-likeness (QED) is 0.410. The van der Waals surface area contributed by atoms with E-state index in [4.69, 9.17) is 11.6 Å². The van der Waals surface area contributed by atoms with Crippen LogP contribution in [0.25, 0.3) is 0 Å². The van der Waals surface area contributed by atoms with E-state index in [-0.39, 0.29) is 0 Å². The van der Waals surface area contributed by atoms with Crippen molar-refractivity contribution in [3.8, 4) is 0 Å². The molecular weight excluding hydrogens is 182 g/mol. The molecule has 0 bridgehead atoms. The van der Waals surface area contributed by atoms with E-state index in [0.717, 1.165) is 19.0 Å². The minimum Gasteiger partial charge on any atom is -0.313 e. The van der Waals surface area contributed by atoms with Crippen molar-refractivity contribution in [2.75, 3.05) is 19.0 Å². The summed E-state index contributed by atoms with van der Waals surface area (Å²) < 4.78 is 0. The molecule has 1 rings (SSSR count). The van der Waals surface area contributed by atoms with Gasteiger partial charge in [-0.3, -0.25) is 0 Å². The largest absolute Gasteiger partial charge is 0.313 e. The Balaban J connectivity index is 2.23. The van der Waals surface area contributed by atoms with Crippen LogP contribution in [-0.2, 0) is 0 Å². The summed E-state index contributed by atoms with van der Waals surface area (Å²) in [7, 11) is 0. The zero-order valence-corrected chi connectivity index (χ0v) is 9.24. The summed E-state index contributed by atoms with van der Waals surface area (Å²) in [4.78, 5) is 0. The van der Waals surface area contributed by atoms with Crippen molar-refractivity contribution in [3.63, 3.8) is 0 Å². The molecule has 13 heavy (non-hydrogen) atoms. The van der Waals surface area contributed by atoms with Crippen LogP contribution >= 0.6 is 11.6 Å². The lowest BCUT2D eigenvalue weighted by Gasteiger charge is -2.26. The van der Waals surface area contributed by atoms with Gasteiger partial charge in [0, 0.05) is 19.0 Å². The molecule has 0 aromatic heterocycles. The molecule has 0 aliphatic heterocycles. The van der Waals surface area contributed by atoms with Crippen LogP contribution < -0.4 is 5.32 Å². The predicted molar refractivity (Wildman–Crippen MR) is 59.3 cm³/mol. The molecule has 1 fully saturated rings. The maximum atomic E-state index is 6.02. The van der Waals surface area contributed by atoms with Gasteiger partial charge in [-0.05, 0) is 25.2 Å². The second-order valence-electron chi connectivity index (χ2n) is 4.04. The third-order valence-corrected chi connectivity index (χ3v) is 3.51. The molecule has 0 saturated heterocycles. The first kappa shape index (κ1) is 11.1. The highest BCUT2D eigenvalue weighted by molar-refractivity contribution is 6.18. The summed E-state index contributed by atoms with van der Waals surface area (Å²) >= 11 is 6.02. The lowest BCUT2D eigenvalue weighted by Crippen LogP contribution is -2.33. The van der Waals surface area contributed by atoms with Crippen molar-refractivity contribution >= 4 is 11.6 Å². The molecule has 0 unspecified atom stereocenters. The Hall–Kier alpha value is -0.0100. The van der Waals surface area contributed by atoms with E-state index in [9.17, 15) is 0 Å². The number of nitrogens with one attached hydrogen (secondary N) is 1. The van der Waals surface area contributed by atoms with Crippen molar-refractivity contribution in [2.24, 2.45) is 5.41 Å². The summed E-state index contributed by atoms with van der Waals surface area (Å²) in [5, 5.41) is 3.45.